The van der Waals surface area contributed by atoms with E-state index in [0.717, 1.165) is 27.7 Å². The number of fused-ring (bicyclic) bond motifs is 3. The van der Waals surface area contributed by atoms with Gasteiger partial charge in [0.1, 0.15) is 11.0 Å². The number of esters is 1. The summed E-state index contributed by atoms with van der Waals surface area (Å²) in [5.41, 5.74) is 4.54. The molecule has 7 heteroatoms. The Hall–Kier alpha value is -3.06. The van der Waals surface area contributed by atoms with Crippen LogP contribution in [0, 0.1) is 13.8 Å². The second-order valence-electron chi connectivity index (χ2n) is 6.87. The summed E-state index contributed by atoms with van der Waals surface area (Å²) in [5.74, 6) is -0.253. The van der Waals surface area contributed by atoms with Crippen LogP contribution < -0.4 is 5.56 Å². The fourth-order valence-corrected chi connectivity index (χ4v) is 4.28. The van der Waals surface area contributed by atoms with E-state index < -0.39 is 0 Å². The highest BCUT2D eigenvalue weighted by Gasteiger charge is 2.18. The molecule has 29 heavy (non-hydrogen) atoms. The maximum atomic E-state index is 13.5. The molecule has 6 nitrogen and oxygen atoms in total. The van der Waals surface area contributed by atoms with Crippen LogP contribution in [0.15, 0.2) is 52.4 Å². The molecule has 0 unspecified atom stereocenters. The van der Waals surface area contributed by atoms with E-state index in [1.54, 1.807) is 11.5 Å². The average Bonchev–Trinajstić information content (AvgIpc) is 3.05. The highest BCUT2D eigenvalue weighted by Crippen LogP contribution is 2.27. The molecular weight excluding hydrogens is 386 g/mol. The SMILES string of the molecule is CCOC(=O)CSc1nc2c([nH]c3ccccc32)c(=O)n1-c1cc(C)cc(C)c1. The number of benzene rings is 2. The molecule has 4 rings (SSSR count). The van der Waals surface area contributed by atoms with Crippen LogP contribution in [0.5, 0.6) is 0 Å². The van der Waals surface area contributed by atoms with Crippen molar-refractivity contribution < 1.29 is 9.53 Å². The van der Waals surface area contributed by atoms with E-state index in [1.807, 2.05) is 50.2 Å². The van der Waals surface area contributed by atoms with Crippen molar-refractivity contribution >= 4 is 39.7 Å². The first-order valence-electron chi connectivity index (χ1n) is 9.38. The van der Waals surface area contributed by atoms with E-state index in [2.05, 4.69) is 11.1 Å². The summed E-state index contributed by atoms with van der Waals surface area (Å²) in [5, 5.41) is 1.34. The number of aromatic nitrogens is 3. The molecule has 0 bridgehead atoms. The molecule has 2 heterocycles. The normalized spacial score (nSPS) is 11.3. The van der Waals surface area contributed by atoms with Crippen LogP contribution in [0.2, 0.25) is 0 Å². The number of aryl methyl sites for hydroxylation is 2. The monoisotopic (exact) mass is 407 g/mol. The fourth-order valence-electron chi connectivity index (χ4n) is 3.47. The minimum Gasteiger partial charge on any atom is -0.465 e. The Balaban J connectivity index is 1.96. The lowest BCUT2D eigenvalue weighted by atomic mass is 10.1. The third kappa shape index (κ3) is 3.65. The second kappa shape index (κ2) is 7.75. The van der Waals surface area contributed by atoms with Crippen molar-refractivity contribution in [1.82, 2.24) is 14.5 Å². The Morgan fingerprint density at radius 3 is 2.62 bits per heavy atom. The molecule has 2 aromatic heterocycles. The molecule has 0 atom stereocenters. The van der Waals surface area contributed by atoms with Crippen molar-refractivity contribution in [2.45, 2.75) is 25.9 Å². The minimum atomic E-state index is -0.335. The van der Waals surface area contributed by atoms with Crippen molar-refractivity contribution in [3.63, 3.8) is 0 Å². The molecule has 0 aliphatic heterocycles. The van der Waals surface area contributed by atoms with Gasteiger partial charge in [-0.05, 0) is 50.1 Å². The third-order valence-electron chi connectivity index (χ3n) is 4.58. The number of aromatic amines is 1. The van der Waals surface area contributed by atoms with E-state index in [1.165, 1.54) is 11.8 Å². The number of hydrogen-bond donors (Lipinski definition) is 1. The fraction of sp³-hybridized carbons (Fsp3) is 0.227. The molecular formula is C22H21N3O3S. The van der Waals surface area contributed by atoms with Crippen molar-refractivity contribution in [3.8, 4) is 5.69 Å². The Labute approximate surface area is 171 Å². The van der Waals surface area contributed by atoms with Gasteiger partial charge in [-0.3, -0.25) is 14.2 Å². The summed E-state index contributed by atoms with van der Waals surface area (Å²) in [6.45, 7) is 6.06. The van der Waals surface area contributed by atoms with E-state index >= 15 is 0 Å². The van der Waals surface area contributed by atoms with Gasteiger partial charge < -0.3 is 9.72 Å². The number of nitrogens with zero attached hydrogens (tertiary/aromatic N) is 2. The van der Waals surface area contributed by atoms with Crippen LogP contribution in [0.4, 0.5) is 0 Å². The van der Waals surface area contributed by atoms with Crippen molar-refractivity contribution in [1.29, 1.82) is 0 Å². The lowest BCUT2D eigenvalue weighted by Crippen LogP contribution is -2.22. The molecule has 0 radical (unpaired) electrons. The smallest absolute Gasteiger partial charge is 0.316 e. The van der Waals surface area contributed by atoms with Gasteiger partial charge in [0.2, 0.25) is 0 Å². The largest absolute Gasteiger partial charge is 0.465 e. The molecule has 0 amide bonds. The molecule has 0 aliphatic rings. The molecule has 2 aromatic carbocycles. The number of hydrogen-bond acceptors (Lipinski definition) is 5. The van der Waals surface area contributed by atoms with E-state index in [4.69, 9.17) is 9.72 Å². The standard InChI is InChI=1S/C22H21N3O3S/c1-4-28-18(26)12-29-22-24-19-16-7-5-6-8-17(16)23-20(19)21(27)25(22)15-10-13(2)9-14(3)11-15/h5-11,23H,4,12H2,1-3H3. The molecule has 4 aromatic rings. The van der Waals surface area contributed by atoms with Gasteiger partial charge in [-0.25, -0.2) is 4.98 Å². The van der Waals surface area contributed by atoms with Crippen LogP contribution in [0.1, 0.15) is 18.1 Å². The van der Waals surface area contributed by atoms with Gasteiger partial charge in [-0.1, -0.05) is 36.0 Å². The summed E-state index contributed by atoms with van der Waals surface area (Å²) in [6, 6.07) is 13.6. The molecule has 0 saturated heterocycles. The van der Waals surface area contributed by atoms with Gasteiger partial charge in [0.05, 0.1) is 18.0 Å². The highest BCUT2D eigenvalue weighted by atomic mass is 32.2. The number of carbonyl (C=O) groups is 1. The van der Waals surface area contributed by atoms with Crippen molar-refractivity contribution in [2.75, 3.05) is 12.4 Å². The summed E-state index contributed by atoms with van der Waals surface area (Å²) >= 11 is 1.21. The zero-order valence-electron chi connectivity index (χ0n) is 16.5. The average molecular weight is 407 g/mol. The summed E-state index contributed by atoms with van der Waals surface area (Å²) in [7, 11) is 0. The van der Waals surface area contributed by atoms with Crippen LogP contribution in [-0.4, -0.2) is 32.9 Å². The van der Waals surface area contributed by atoms with Crippen LogP contribution >= 0.6 is 11.8 Å². The van der Waals surface area contributed by atoms with Gasteiger partial charge in [0.25, 0.3) is 5.56 Å². The van der Waals surface area contributed by atoms with Crippen LogP contribution in [0.3, 0.4) is 0 Å². The van der Waals surface area contributed by atoms with Crippen molar-refractivity contribution in [2.24, 2.45) is 0 Å². The maximum absolute atomic E-state index is 13.5. The van der Waals surface area contributed by atoms with Gasteiger partial charge in [0.15, 0.2) is 5.16 Å². The maximum Gasteiger partial charge on any atom is 0.316 e. The number of H-pyrrole nitrogens is 1. The first kappa shape index (κ1) is 19.3. The Morgan fingerprint density at radius 1 is 1.17 bits per heavy atom. The first-order valence-corrected chi connectivity index (χ1v) is 10.4. The van der Waals surface area contributed by atoms with Crippen LogP contribution in [-0.2, 0) is 9.53 Å². The molecule has 0 spiro atoms. The predicted molar refractivity (Wildman–Crippen MR) is 116 cm³/mol. The topological polar surface area (TPSA) is 77.0 Å². The number of thioether (sulfide) groups is 1. The molecule has 0 aliphatic carbocycles. The number of rotatable bonds is 5. The first-order chi connectivity index (χ1) is 14.0. The predicted octanol–water partition coefficient (Wildman–Crippen LogP) is 4.14. The van der Waals surface area contributed by atoms with E-state index in [9.17, 15) is 9.59 Å². The number of carbonyl (C=O) groups excluding carboxylic acids is 1. The van der Waals surface area contributed by atoms with Gasteiger partial charge >= 0.3 is 5.97 Å². The second-order valence-corrected chi connectivity index (χ2v) is 7.81. The zero-order valence-corrected chi connectivity index (χ0v) is 17.3. The Morgan fingerprint density at radius 2 is 1.90 bits per heavy atom. The quantitative estimate of drug-likeness (QED) is 0.306. The number of para-hydroxylation sites is 1. The van der Waals surface area contributed by atoms with Crippen molar-refractivity contribution in [3.05, 3.63) is 63.9 Å². The van der Waals surface area contributed by atoms with Gasteiger partial charge in [0, 0.05) is 10.9 Å². The molecule has 1 N–H and O–H groups in total. The summed E-state index contributed by atoms with van der Waals surface area (Å²) in [6.07, 6.45) is 0. The zero-order chi connectivity index (χ0) is 20.5. The summed E-state index contributed by atoms with van der Waals surface area (Å²) in [4.78, 5) is 33.4. The minimum absolute atomic E-state index is 0.0823. The third-order valence-corrected chi connectivity index (χ3v) is 5.50. The molecule has 148 valence electrons. The summed E-state index contributed by atoms with van der Waals surface area (Å²) < 4.78 is 6.61. The lowest BCUT2D eigenvalue weighted by molar-refractivity contribution is -0.139. The number of ether oxygens (including phenoxy) is 1. The van der Waals surface area contributed by atoms with Crippen LogP contribution in [0.25, 0.3) is 27.6 Å². The number of nitrogens with one attached hydrogen (secondary N) is 1. The lowest BCUT2D eigenvalue weighted by Gasteiger charge is -2.13. The Kier molecular flexibility index (Phi) is 5.15. The van der Waals surface area contributed by atoms with Gasteiger partial charge in [-0.2, -0.15) is 0 Å². The van der Waals surface area contributed by atoms with E-state index in [-0.39, 0.29) is 17.3 Å². The van der Waals surface area contributed by atoms with E-state index in [0.29, 0.717) is 22.8 Å². The molecule has 0 fully saturated rings. The Bertz CT molecular complexity index is 1270. The van der Waals surface area contributed by atoms with Gasteiger partial charge in [-0.15, -0.1) is 0 Å². The highest BCUT2D eigenvalue weighted by molar-refractivity contribution is 7.99. The molecule has 0 saturated carbocycles.